The van der Waals surface area contributed by atoms with Crippen molar-refractivity contribution in [3.05, 3.63) is 102 Å². The van der Waals surface area contributed by atoms with E-state index in [1.807, 2.05) is 60.7 Å². The second-order valence-corrected chi connectivity index (χ2v) is 10.4. The predicted octanol–water partition coefficient (Wildman–Crippen LogP) is 5.95. The van der Waals surface area contributed by atoms with Crippen LogP contribution in [0.4, 0.5) is 0 Å². The Morgan fingerprint density at radius 2 is 1.57 bits per heavy atom. The van der Waals surface area contributed by atoms with Crippen molar-refractivity contribution < 1.29 is 4.79 Å². The van der Waals surface area contributed by atoms with Crippen molar-refractivity contribution in [3.63, 3.8) is 0 Å². The third-order valence-electron chi connectivity index (χ3n) is 7.39. The number of carbonyl (C=O) groups is 1. The van der Waals surface area contributed by atoms with Crippen LogP contribution in [0.25, 0.3) is 22.2 Å². The standard InChI is InChI=1S/C32H36N4O/c1-22(2)30(23-11-5-3-6-12-23)35-32(37)29-26-15-9-10-16-28(26)34-31(24-13-7-4-8-14-24)27(29)21-36-19-17-25(33)18-20-36/h3-16,22,25,30H,17-21,33H2,1-2H3,(H,35,37)/t30-/m0/s1. The zero-order chi connectivity index (χ0) is 25.8. The maximum absolute atomic E-state index is 14.3. The lowest BCUT2D eigenvalue weighted by atomic mass is 9.92. The first kappa shape index (κ1) is 25.1. The van der Waals surface area contributed by atoms with Gasteiger partial charge in [0.15, 0.2) is 0 Å². The number of aromatic nitrogens is 1. The molecule has 1 fully saturated rings. The van der Waals surface area contributed by atoms with Crippen LogP contribution in [0.3, 0.4) is 0 Å². The summed E-state index contributed by atoms with van der Waals surface area (Å²) in [5, 5.41) is 4.29. The molecule has 5 nitrogen and oxygen atoms in total. The Bertz CT molecular complexity index is 1350. The number of nitrogens with zero attached hydrogens (tertiary/aromatic N) is 2. The Morgan fingerprint density at radius 3 is 2.24 bits per heavy atom. The average molecular weight is 493 g/mol. The van der Waals surface area contributed by atoms with E-state index in [1.54, 1.807) is 0 Å². The summed E-state index contributed by atoms with van der Waals surface area (Å²) >= 11 is 0. The van der Waals surface area contributed by atoms with E-state index in [0.29, 0.717) is 6.54 Å². The molecule has 2 heterocycles. The van der Waals surface area contributed by atoms with E-state index in [4.69, 9.17) is 10.7 Å². The minimum Gasteiger partial charge on any atom is -0.345 e. The van der Waals surface area contributed by atoms with Crippen LogP contribution >= 0.6 is 0 Å². The van der Waals surface area contributed by atoms with E-state index in [2.05, 4.69) is 48.3 Å². The first-order valence-corrected chi connectivity index (χ1v) is 13.3. The molecule has 3 aromatic carbocycles. The molecular formula is C32H36N4O. The monoisotopic (exact) mass is 492 g/mol. The molecule has 0 bridgehead atoms. The van der Waals surface area contributed by atoms with Crippen molar-refractivity contribution in [1.29, 1.82) is 0 Å². The number of hydrogen-bond acceptors (Lipinski definition) is 4. The molecule has 0 aliphatic carbocycles. The zero-order valence-electron chi connectivity index (χ0n) is 21.7. The Hall–Kier alpha value is -3.54. The molecule has 1 amide bonds. The molecule has 3 N–H and O–H groups in total. The van der Waals surface area contributed by atoms with Crippen LogP contribution in [0.2, 0.25) is 0 Å². The summed E-state index contributed by atoms with van der Waals surface area (Å²) in [6, 6.07) is 28.6. The highest BCUT2D eigenvalue weighted by Crippen LogP contribution is 2.33. The van der Waals surface area contributed by atoms with E-state index in [1.165, 1.54) is 0 Å². The van der Waals surface area contributed by atoms with Crippen molar-refractivity contribution in [2.75, 3.05) is 13.1 Å². The van der Waals surface area contributed by atoms with Gasteiger partial charge in [0, 0.05) is 29.1 Å². The minimum absolute atomic E-state index is 0.0537. The average Bonchev–Trinajstić information content (AvgIpc) is 2.93. The normalized spacial score (nSPS) is 15.7. The van der Waals surface area contributed by atoms with Gasteiger partial charge in [-0.1, -0.05) is 92.7 Å². The third kappa shape index (κ3) is 5.58. The third-order valence-corrected chi connectivity index (χ3v) is 7.39. The number of fused-ring (bicyclic) bond motifs is 1. The van der Waals surface area contributed by atoms with Crippen LogP contribution in [0.15, 0.2) is 84.9 Å². The molecule has 0 spiro atoms. The number of nitrogens with one attached hydrogen (secondary N) is 1. The summed E-state index contributed by atoms with van der Waals surface area (Å²) in [5.41, 5.74) is 11.7. The van der Waals surface area contributed by atoms with Gasteiger partial charge in [-0.05, 0) is 43.5 Å². The van der Waals surface area contributed by atoms with Gasteiger partial charge in [-0.2, -0.15) is 0 Å². The quantitative estimate of drug-likeness (QED) is 0.334. The molecule has 0 unspecified atom stereocenters. The number of rotatable bonds is 7. The number of hydrogen-bond donors (Lipinski definition) is 2. The molecular weight excluding hydrogens is 456 g/mol. The molecule has 5 heteroatoms. The van der Waals surface area contributed by atoms with Crippen molar-refractivity contribution >= 4 is 16.8 Å². The van der Waals surface area contributed by atoms with Gasteiger partial charge >= 0.3 is 0 Å². The lowest BCUT2D eigenvalue weighted by Crippen LogP contribution is -2.40. The Balaban J connectivity index is 1.64. The van der Waals surface area contributed by atoms with Crippen LogP contribution in [0, 0.1) is 5.92 Å². The van der Waals surface area contributed by atoms with Gasteiger partial charge in [0.2, 0.25) is 0 Å². The molecule has 1 atom stereocenters. The fourth-order valence-electron chi connectivity index (χ4n) is 5.34. The number of carbonyl (C=O) groups excluding carboxylic acids is 1. The molecule has 5 rings (SSSR count). The van der Waals surface area contributed by atoms with E-state index < -0.39 is 0 Å². The first-order chi connectivity index (χ1) is 18.0. The molecule has 1 aromatic heterocycles. The second-order valence-electron chi connectivity index (χ2n) is 10.4. The zero-order valence-corrected chi connectivity index (χ0v) is 21.7. The SMILES string of the molecule is CC(C)[C@H](NC(=O)c1c(CN2CCC(N)CC2)c(-c2ccccc2)nc2ccccc12)c1ccccc1. The van der Waals surface area contributed by atoms with Gasteiger partial charge in [0.25, 0.3) is 5.91 Å². The van der Waals surface area contributed by atoms with Crippen molar-refractivity contribution in [1.82, 2.24) is 15.2 Å². The summed E-state index contributed by atoms with van der Waals surface area (Å²) in [4.78, 5) is 21.8. The number of para-hydroxylation sites is 1. The summed E-state index contributed by atoms with van der Waals surface area (Å²) in [6.07, 6.45) is 1.93. The van der Waals surface area contributed by atoms with Crippen LogP contribution in [-0.4, -0.2) is 34.9 Å². The van der Waals surface area contributed by atoms with Crippen LogP contribution in [-0.2, 0) is 6.54 Å². The smallest absolute Gasteiger partial charge is 0.252 e. The Kier molecular flexibility index (Phi) is 7.63. The Labute approximate surface area is 219 Å². The predicted molar refractivity (Wildman–Crippen MR) is 151 cm³/mol. The maximum Gasteiger partial charge on any atom is 0.252 e. The number of pyridine rings is 1. The van der Waals surface area contributed by atoms with Crippen molar-refractivity contribution in [2.24, 2.45) is 11.7 Å². The molecule has 1 aliphatic rings. The van der Waals surface area contributed by atoms with Crippen molar-refractivity contribution in [3.8, 4) is 11.3 Å². The highest BCUT2D eigenvalue weighted by molar-refractivity contribution is 6.09. The largest absolute Gasteiger partial charge is 0.345 e. The molecule has 1 aliphatic heterocycles. The highest BCUT2D eigenvalue weighted by Gasteiger charge is 2.27. The lowest BCUT2D eigenvalue weighted by molar-refractivity contribution is 0.0924. The second kappa shape index (κ2) is 11.2. The van der Waals surface area contributed by atoms with E-state index in [0.717, 1.165) is 64.8 Å². The molecule has 37 heavy (non-hydrogen) atoms. The number of likely N-dealkylation sites (tertiary alicyclic amines) is 1. The minimum atomic E-state index is -0.0957. The summed E-state index contributed by atoms with van der Waals surface area (Å²) in [7, 11) is 0. The summed E-state index contributed by atoms with van der Waals surface area (Å²) < 4.78 is 0. The van der Waals surface area contributed by atoms with Gasteiger partial charge in [-0.25, -0.2) is 4.98 Å². The van der Waals surface area contributed by atoms with Gasteiger partial charge in [0.05, 0.1) is 22.8 Å². The molecule has 0 radical (unpaired) electrons. The highest BCUT2D eigenvalue weighted by atomic mass is 16.1. The Morgan fingerprint density at radius 1 is 0.946 bits per heavy atom. The number of piperidine rings is 1. The number of nitrogens with two attached hydrogens (primary N) is 1. The lowest BCUT2D eigenvalue weighted by Gasteiger charge is -2.31. The number of benzene rings is 3. The van der Waals surface area contributed by atoms with E-state index in [-0.39, 0.29) is 23.9 Å². The van der Waals surface area contributed by atoms with E-state index in [9.17, 15) is 4.79 Å². The molecule has 1 saturated heterocycles. The fourth-order valence-corrected chi connectivity index (χ4v) is 5.34. The van der Waals surface area contributed by atoms with Crippen LogP contribution in [0.5, 0.6) is 0 Å². The summed E-state index contributed by atoms with van der Waals surface area (Å²) in [5.74, 6) is 0.183. The van der Waals surface area contributed by atoms with E-state index >= 15 is 0 Å². The maximum atomic E-state index is 14.3. The topological polar surface area (TPSA) is 71.2 Å². The first-order valence-electron chi connectivity index (χ1n) is 13.3. The van der Waals surface area contributed by atoms with Crippen molar-refractivity contribution in [2.45, 2.75) is 45.3 Å². The number of amides is 1. The molecule has 0 saturated carbocycles. The fraction of sp³-hybridized carbons (Fsp3) is 0.312. The summed E-state index contributed by atoms with van der Waals surface area (Å²) in [6.45, 7) is 6.80. The van der Waals surface area contributed by atoms with Gasteiger partial charge < -0.3 is 11.1 Å². The van der Waals surface area contributed by atoms with Crippen LogP contribution < -0.4 is 11.1 Å². The molecule has 4 aromatic rings. The van der Waals surface area contributed by atoms with Gasteiger partial charge in [0.1, 0.15) is 0 Å². The molecule has 190 valence electrons. The van der Waals surface area contributed by atoms with Gasteiger partial charge in [-0.15, -0.1) is 0 Å². The van der Waals surface area contributed by atoms with Crippen LogP contribution in [0.1, 0.15) is 54.2 Å². The van der Waals surface area contributed by atoms with Gasteiger partial charge in [-0.3, -0.25) is 9.69 Å².